The summed E-state index contributed by atoms with van der Waals surface area (Å²) in [5.41, 5.74) is -0.257. The molecule has 0 aliphatic rings. The molecule has 0 aromatic heterocycles. The van der Waals surface area contributed by atoms with Crippen LogP contribution in [0.4, 0.5) is 0 Å². The summed E-state index contributed by atoms with van der Waals surface area (Å²) in [5, 5.41) is 0. The minimum Gasteiger partial charge on any atom is -0.366 e. The van der Waals surface area contributed by atoms with Crippen LogP contribution in [0.2, 0.25) is 0 Å². The number of likely N-dealkylation sites (N-methyl/N-ethyl adjacent to an activating group) is 1. The van der Waals surface area contributed by atoms with Crippen LogP contribution in [0.3, 0.4) is 0 Å². The number of hydrogen-bond acceptors (Lipinski definition) is 2. The van der Waals surface area contributed by atoms with Crippen LogP contribution in [0.15, 0.2) is 0 Å². The van der Waals surface area contributed by atoms with E-state index in [-0.39, 0.29) is 5.52 Å². The van der Waals surface area contributed by atoms with Crippen LogP contribution >= 0.6 is 8.15 Å². The standard InChI is InChI=1S/C43H89NO2P/c1-7-10-12-14-16-18-20-22-24-26-28-30-32-34-36-38-40-43(44(4,5)6,42(45)47(46)9-3)41-39-37-35-33-31-29-27-25-23-21-19-17-15-13-11-8-2/h46H,7-41H2,1-6H3/q+1. The van der Waals surface area contributed by atoms with Crippen LogP contribution in [0.25, 0.3) is 0 Å². The van der Waals surface area contributed by atoms with Crippen LogP contribution in [0.1, 0.15) is 239 Å². The summed E-state index contributed by atoms with van der Waals surface area (Å²) in [7, 11) is 5.08. The van der Waals surface area contributed by atoms with Gasteiger partial charge in [0.1, 0.15) is 8.15 Å². The SMILES string of the molecule is CCCCCCCCCCCCCCCCCCC(CCCCCCCCCCCCCCCCCC)(C(=O)P(O)CC)[N+](C)(C)C. The molecule has 0 spiro atoms. The van der Waals surface area contributed by atoms with Crippen LogP contribution in [-0.2, 0) is 4.79 Å². The van der Waals surface area contributed by atoms with E-state index >= 15 is 0 Å². The average molecular weight is 683 g/mol. The number of unbranched alkanes of at least 4 members (excludes halogenated alkanes) is 30. The average Bonchev–Trinajstić information content (AvgIpc) is 3.05. The summed E-state index contributed by atoms with van der Waals surface area (Å²) in [6.07, 6.45) is 46.4. The van der Waals surface area contributed by atoms with E-state index in [0.29, 0.717) is 10.6 Å². The monoisotopic (exact) mass is 683 g/mol. The second kappa shape index (κ2) is 33.2. The Hall–Kier alpha value is 0.0200. The third kappa shape index (κ3) is 25.6. The molecule has 3 nitrogen and oxygen atoms in total. The number of hydrogen-bond donors (Lipinski definition) is 1. The van der Waals surface area contributed by atoms with Gasteiger partial charge in [0.2, 0.25) is 5.52 Å². The van der Waals surface area contributed by atoms with Crippen molar-refractivity contribution >= 4 is 13.7 Å². The molecular weight excluding hydrogens is 593 g/mol. The summed E-state index contributed by atoms with van der Waals surface area (Å²) >= 11 is 0. The lowest BCUT2D eigenvalue weighted by molar-refractivity contribution is -0.913. The van der Waals surface area contributed by atoms with Gasteiger partial charge in [-0.25, -0.2) is 0 Å². The van der Waals surface area contributed by atoms with Gasteiger partial charge in [-0.15, -0.1) is 0 Å². The number of rotatable bonds is 38. The molecule has 0 radical (unpaired) electrons. The summed E-state index contributed by atoms with van der Waals surface area (Å²) < 4.78 is 0.655. The summed E-state index contributed by atoms with van der Waals surface area (Å²) in [4.78, 5) is 24.6. The molecule has 0 aliphatic heterocycles. The van der Waals surface area contributed by atoms with Gasteiger partial charge >= 0.3 is 0 Å². The predicted molar refractivity (Wildman–Crippen MR) is 214 cm³/mol. The zero-order chi connectivity index (χ0) is 34.9. The largest absolute Gasteiger partial charge is 0.366 e. The second-order valence-corrected chi connectivity index (χ2v) is 18.0. The van der Waals surface area contributed by atoms with E-state index in [1.54, 1.807) is 0 Å². The van der Waals surface area contributed by atoms with Gasteiger partial charge in [0.05, 0.1) is 21.1 Å². The van der Waals surface area contributed by atoms with E-state index in [1.807, 2.05) is 6.92 Å². The fraction of sp³-hybridized carbons (Fsp3) is 0.977. The lowest BCUT2D eigenvalue weighted by atomic mass is 9.84. The van der Waals surface area contributed by atoms with E-state index < -0.39 is 13.7 Å². The molecule has 0 saturated heterocycles. The number of carbonyl (C=O) groups excluding carboxylic acids is 1. The first kappa shape index (κ1) is 47.0. The molecule has 0 rings (SSSR count). The highest BCUT2D eigenvalue weighted by Crippen LogP contribution is 2.44. The molecule has 1 atom stereocenters. The Kier molecular flexibility index (Phi) is 33.2. The number of nitrogens with zero attached hydrogens (tertiary/aromatic N) is 1. The van der Waals surface area contributed by atoms with Gasteiger partial charge in [-0.2, -0.15) is 0 Å². The lowest BCUT2D eigenvalue weighted by Gasteiger charge is -2.46. The van der Waals surface area contributed by atoms with Gasteiger partial charge in [-0.05, 0) is 19.0 Å². The molecule has 0 fully saturated rings. The minimum absolute atomic E-state index is 0.171. The van der Waals surface area contributed by atoms with Gasteiger partial charge in [0.15, 0.2) is 5.54 Å². The Morgan fingerprint density at radius 3 is 0.830 bits per heavy atom. The van der Waals surface area contributed by atoms with E-state index in [0.717, 1.165) is 25.7 Å². The highest BCUT2D eigenvalue weighted by Gasteiger charge is 2.50. The maximum Gasteiger partial charge on any atom is 0.240 e. The molecule has 1 N–H and O–H groups in total. The van der Waals surface area contributed by atoms with Gasteiger partial charge in [-0.1, -0.05) is 213 Å². The van der Waals surface area contributed by atoms with Crippen LogP contribution in [-0.4, -0.2) is 47.7 Å². The maximum absolute atomic E-state index is 13.8. The van der Waals surface area contributed by atoms with Crippen molar-refractivity contribution in [1.29, 1.82) is 0 Å². The minimum atomic E-state index is -1.54. The highest BCUT2D eigenvalue weighted by atomic mass is 31.1. The fourth-order valence-corrected chi connectivity index (χ4v) is 8.90. The Morgan fingerprint density at radius 1 is 0.426 bits per heavy atom. The smallest absolute Gasteiger partial charge is 0.240 e. The van der Waals surface area contributed by atoms with Gasteiger partial charge in [0, 0.05) is 12.8 Å². The van der Waals surface area contributed by atoms with E-state index in [4.69, 9.17) is 0 Å². The van der Waals surface area contributed by atoms with E-state index in [1.165, 1.54) is 193 Å². The summed E-state index contributed by atoms with van der Waals surface area (Å²) in [5.74, 6) is 0. The van der Waals surface area contributed by atoms with Crippen molar-refractivity contribution in [2.45, 2.75) is 245 Å². The van der Waals surface area contributed by atoms with E-state index in [2.05, 4.69) is 35.0 Å². The Balaban J connectivity index is 4.23. The van der Waals surface area contributed by atoms with Crippen molar-refractivity contribution in [3.63, 3.8) is 0 Å². The third-order valence-corrected chi connectivity index (χ3v) is 12.6. The van der Waals surface area contributed by atoms with Gasteiger partial charge in [0.25, 0.3) is 0 Å². The molecule has 0 aromatic carbocycles. The van der Waals surface area contributed by atoms with Crippen LogP contribution in [0, 0.1) is 0 Å². The van der Waals surface area contributed by atoms with Gasteiger partial charge in [-0.3, -0.25) is 4.79 Å². The van der Waals surface area contributed by atoms with Crippen molar-refractivity contribution < 1.29 is 14.2 Å². The van der Waals surface area contributed by atoms with E-state index in [9.17, 15) is 9.69 Å². The first-order valence-electron chi connectivity index (χ1n) is 21.6. The topological polar surface area (TPSA) is 37.3 Å². The Morgan fingerprint density at radius 2 is 0.638 bits per heavy atom. The van der Waals surface area contributed by atoms with Crippen molar-refractivity contribution in [2.24, 2.45) is 0 Å². The third-order valence-electron chi connectivity index (χ3n) is 11.1. The highest BCUT2D eigenvalue weighted by molar-refractivity contribution is 7.69. The lowest BCUT2D eigenvalue weighted by Crippen LogP contribution is -2.61. The van der Waals surface area contributed by atoms with Crippen molar-refractivity contribution in [2.75, 3.05) is 27.3 Å². The fourth-order valence-electron chi connectivity index (χ4n) is 7.61. The quantitative estimate of drug-likeness (QED) is 0.0400. The Bertz CT molecular complexity index is 625. The molecule has 0 saturated carbocycles. The molecule has 0 heterocycles. The molecule has 0 aromatic rings. The molecular formula is C43H89NO2P+. The zero-order valence-electron chi connectivity index (χ0n) is 33.5. The molecule has 0 bridgehead atoms. The molecule has 47 heavy (non-hydrogen) atoms. The predicted octanol–water partition coefficient (Wildman–Crippen LogP) is 14.7. The van der Waals surface area contributed by atoms with Crippen LogP contribution in [0.5, 0.6) is 0 Å². The number of carbonyl (C=O) groups is 1. The maximum atomic E-state index is 13.8. The van der Waals surface area contributed by atoms with Crippen molar-refractivity contribution in [3.8, 4) is 0 Å². The second-order valence-electron chi connectivity index (χ2n) is 16.2. The van der Waals surface area contributed by atoms with Gasteiger partial charge < -0.3 is 9.38 Å². The molecule has 1 unspecified atom stereocenters. The molecule has 282 valence electrons. The van der Waals surface area contributed by atoms with Crippen molar-refractivity contribution in [3.05, 3.63) is 0 Å². The molecule has 0 amide bonds. The first-order valence-corrected chi connectivity index (χ1v) is 23.1. The number of quaternary nitrogens is 1. The normalized spacial score (nSPS) is 13.0. The zero-order valence-corrected chi connectivity index (χ0v) is 34.4. The molecule has 4 heteroatoms. The Labute approximate surface area is 299 Å². The summed E-state index contributed by atoms with van der Waals surface area (Å²) in [6, 6.07) is 0. The summed E-state index contributed by atoms with van der Waals surface area (Å²) in [6.45, 7) is 6.57. The van der Waals surface area contributed by atoms with Crippen LogP contribution < -0.4 is 0 Å². The van der Waals surface area contributed by atoms with Crippen molar-refractivity contribution in [1.82, 2.24) is 0 Å². The molecule has 0 aliphatic carbocycles. The first-order chi connectivity index (χ1) is 22.8.